The van der Waals surface area contributed by atoms with Gasteiger partial charge in [0.15, 0.2) is 0 Å². The van der Waals surface area contributed by atoms with Crippen LogP contribution in [0.25, 0.3) is 11.8 Å². The number of nitrogens with one attached hydrogen (secondary N) is 2. The fraction of sp³-hybridized carbons (Fsp3) is 0.536. The van der Waals surface area contributed by atoms with Gasteiger partial charge in [-0.1, -0.05) is 79.1 Å². The second-order valence-corrected chi connectivity index (χ2v) is 9.95. The molecule has 4 heteroatoms. The Morgan fingerprint density at radius 1 is 0.906 bits per heavy atom. The smallest absolute Gasteiger partial charge is 0.0868 e. The van der Waals surface area contributed by atoms with Gasteiger partial charge >= 0.3 is 0 Å². The Balaban J connectivity index is 0.00000363. The molecule has 3 heterocycles. The molecule has 1 aliphatic heterocycles. The maximum absolute atomic E-state index is 4.51. The van der Waals surface area contributed by atoms with Crippen LogP contribution < -0.4 is 10.7 Å². The van der Waals surface area contributed by atoms with E-state index in [0.717, 1.165) is 28.5 Å². The van der Waals surface area contributed by atoms with Gasteiger partial charge in [0.25, 0.3) is 0 Å². The molecule has 0 radical (unpaired) electrons. The predicted molar refractivity (Wildman–Crippen MR) is 142 cm³/mol. The summed E-state index contributed by atoms with van der Waals surface area (Å²) in [7, 11) is 0. The van der Waals surface area contributed by atoms with Crippen LogP contribution >= 0.6 is 12.4 Å². The summed E-state index contributed by atoms with van der Waals surface area (Å²) in [4.78, 5) is 11.7. The first-order chi connectivity index (χ1) is 15.0. The highest BCUT2D eigenvalue weighted by molar-refractivity contribution is 5.86. The van der Waals surface area contributed by atoms with Crippen molar-refractivity contribution in [2.24, 2.45) is 4.99 Å². The quantitative estimate of drug-likeness (QED) is 0.353. The zero-order valence-corrected chi connectivity index (χ0v) is 21.3. The Morgan fingerprint density at radius 2 is 1.59 bits per heavy atom. The number of unbranched alkanes of at least 4 members (excludes halogenated alkanes) is 8. The third-order valence-corrected chi connectivity index (χ3v) is 6.09. The number of aliphatic imine (C=N–C) groups is 1. The Hall–Kier alpha value is -2.00. The molecule has 3 nitrogen and oxygen atoms in total. The number of aromatic nitrogens is 2. The molecule has 0 fully saturated rings. The van der Waals surface area contributed by atoms with E-state index in [1.165, 1.54) is 69.0 Å². The normalized spacial score (nSPS) is 15.6. The molecular formula is C28H42ClN3. The summed E-state index contributed by atoms with van der Waals surface area (Å²) in [6, 6.07) is 6.70. The molecular weight excluding hydrogens is 414 g/mol. The van der Waals surface area contributed by atoms with Gasteiger partial charge in [0, 0.05) is 23.0 Å². The van der Waals surface area contributed by atoms with Crippen LogP contribution in [0.4, 0.5) is 0 Å². The van der Waals surface area contributed by atoms with Crippen molar-refractivity contribution in [1.82, 2.24) is 9.97 Å². The third-order valence-electron chi connectivity index (χ3n) is 6.09. The highest BCUT2D eigenvalue weighted by atomic mass is 35.5. The maximum atomic E-state index is 4.51. The molecule has 0 saturated heterocycles. The van der Waals surface area contributed by atoms with E-state index < -0.39 is 0 Å². The van der Waals surface area contributed by atoms with Crippen LogP contribution in [0.2, 0.25) is 0 Å². The Kier molecular flexibility index (Phi) is 10.6. The minimum absolute atomic E-state index is 0. The third kappa shape index (κ3) is 7.85. The zero-order chi connectivity index (χ0) is 22.1. The van der Waals surface area contributed by atoms with E-state index in [4.69, 9.17) is 0 Å². The fourth-order valence-corrected chi connectivity index (χ4v) is 4.28. The SMILES string of the molecule is CCCCCCCCCCCc1ccc(C=c2cc(C(C)(C)C)c(=C3C=CC=N3)[nH]2)[nH]1.Cl. The molecule has 3 rings (SSSR count). The largest absolute Gasteiger partial charge is 0.359 e. The molecule has 2 N–H and O–H groups in total. The van der Waals surface area contributed by atoms with Crippen molar-refractivity contribution in [2.75, 3.05) is 0 Å². The summed E-state index contributed by atoms with van der Waals surface area (Å²) in [6.45, 7) is 9.05. The highest BCUT2D eigenvalue weighted by Crippen LogP contribution is 2.19. The highest BCUT2D eigenvalue weighted by Gasteiger charge is 2.18. The van der Waals surface area contributed by atoms with Gasteiger partial charge in [-0.2, -0.15) is 0 Å². The van der Waals surface area contributed by atoms with E-state index >= 15 is 0 Å². The number of halogens is 1. The van der Waals surface area contributed by atoms with Gasteiger partial charge in [-0.15, -0.1) is 12.4 Å². The van der Waals surface area contributed by atoms with Crippen LogP contribution in [-0.4, -0.2) is 16.2 Å². The van der Waals surface area contributed by atoms with Crippen molar-refractivity contribution < 1.29 is 0 Å². The number of hydrogen-bond donors (Lipinski definition) is 2. The van der Waals surface area contributed by atoms with Gasteiger partial charge in [0.1, 0.15) is 0 Å². The van der Waals surface area contributed by atoms with E-state index in [1.54, 1.807) is 0 Å². The average Bonchev–Trinajstić information content (AvgIpc) is 3.47. The topological polar surface area (TPSA) is 43.9 Å². The monoisotopic (exact) mass is 455 g/mol. The van der Waals surface area contributed by atoms with Crippen molar-refractivity contribution in [1.29, 1.82) is 0 Å². The Labute approximate surface area is 200 Å². The lowest BCUT2D eigenvalue weighted by molar-refractivity contribution is 0.564. The van der Waals surface area contributed by atoms with Crippen LogP contribution in [0.15, 0.2) is 35.3 Å². The molecule has 0 atom stereocenters. The van der Waals surface area contributed by atoms with E-state index in [9.17, 15) is 0 Å². The molecule has 0 aromatic carbocycles. The van der Waals surface area contributed by atoms with Crippen LogP contribution in [-0.2, 0) is 11.8 Å². The fourth-order valence-electron chi connectivity index (χ4n) is 4.28. The van der Waals surface area contributed by atoms with Crippen LogP contribution in [0.1, 0.15) is 102 Å². The van der Waals surface area contributed by atoms with Crippen LogP contribution in [0.3, 0.4) is 0 Å². The first kappa shape index (κ1) is 26.3. The lowest BCUT2D eigenvalue weighted by Crippen LogP contribution is -2.23. The lowest BCUT2D eigenvalue weighted by atomic mass is 9.88. The maximum Gasteiger partial charge on any atom is 0.0868 e. The van der Waals surface area contributed by atoms with Crippen molar-refractivity contribution in [3.8, 4) is 0 Å². The van der Waals surface area contributed by atoms with Crippen LogP contribution in [0, 0.1) is 0 Å². The molecule has 0 bridgehead atoms. The second-order valence-electron chi connectivity index (χ2n) is 9.95. The number of allylic oxidation sites excluding steroid dienone is 1. The summed E-state index contributed by atoms with van der Waals surface area (Å²) < 4.78 is 0. The zero-order valence-electron chi connectivity index (χ0n) is 20.5. The number of aromatic amines is 2. The summed E-state index contributed by atoms with van der Waals surface area (Å²) >= 11 is 0. The van der Waals surface area contributed by atoms with E-state index in [-0.39, 0.29) is 17.8 Å². The predicted octanol–water partition coefficient (Wildman–Crippen LogP) is 6.71. The summed E-state index contributed by atoms with van der Waals surface area (Å²) in [6.07, 6.45) is 21.7. The lowest BCUT2D eigenvalue weighted by Gasteiger charge is -2.16. The minimum atomic E-state index is 0. The number of aryl methyl sites for hydroxylation is 1. The molecule has 0 spiro atoms. The molecule has 32 heavy (non-hydrogen) atoms. The first-order valence-corrected chi connectivity index (χ1v) is 12.3. The molecule has 0 aliphatic carbocycles. The average molecular weight is 456 g/mol. The Bertz CT molecular complexity index is 984. The first-order valence-electron chi connectivity index (χ1n) is 12.3. The number of rotatable bonds is 11. The molecule has 176 valence electrons. The minimum Gasteiger partial charge on any atom is -0.359 e. The summed E-state index contributed by atoms with van der Waals surface area (Å²) in [5.74, 6) is 0. The second kappa shape index (κ2) is 12.9. The van der Waals surface area contributed by atoms with Crippen LogP contribution in [0.5, 0.6) is 0 Å². The molecule has 0 amide bonds. The molecule has 0 unspecified atom stereocenters. The van der Waals surface area contributed by atoms with Gasteiger partial charge in [-0.3, -0.25) is 4.99 Å². The summed E-state index contributed by atoms with van der Waals surface area (Å²) in [5, 5.41) is 2.25. The van der Waals surface area contributed by atoms with Crippen molar-refractivity contribution >= 4 is 30.4 Å². The van der Waals surface area contributed by atoms with Gasteiger partial charge in [-0.25, -0.2) is 0 Å². The van der Waals surface area contributed by atoms with Gasteiger partial charge in [-0.05, 0) is 60.2 Å². The van der Waals surface area contributed by atoms with E-state index in [1.807, 2.05) is 12.3 Å². The number of nitrogens with zero attached hydrogens (tertiary/aromatic N) is 1. The standard InChI is InChI=1S/C28H41N3.ClH/c1-5-6-7-8-9-10-11-12-13-15-22-17-18-23(30-22)20-24-21-25(28(2,3)4)27(31-24)26-16-14-19-29-26;/h14,16-21,30-31H,5-13,15H2,1-4H3;1H. The van der Waals surface area contributed by atoms with Crippen molar-refractivity contribution in [2.45, 2.75) is 97.3 Å². The Morgan fingerprint density at radius 3 is 2.22 bits per heavy atom. The van der Waals surface area contributed by atoms with Gasteiger partial charge in [0.05, 0.1) is 11.0 Å². The number of hydrogen-bond acceptors (Lipinski definition) is 1. The number of H-pyrrole nitrogens is 2. The molecule has 2 aromatic rings. The van der Waals surface area contributed by atoms with Gasteiger partial charge in [0.2, 0.25) is 0 Å². The molecule has 1 aliphatic rings. The van der Waals surface area contributed by atoms with Crippen molar-refractivity contribution in [3.63, 3.8) is 0 Å². The molecule has 0 saturated carbocycles. The summed E-state index contributed by atoms with van der Waals surface area (Å²) in [5.41, 5.74) is 4.89. The van der Waals surface area contributed by atoms with Gasteiger partial charge < -0.3 is 9.97 Å². The molecule has 2 aromatic heterocycles. The van der Waals surface area contributed by atoms with E-state index in [0.29, 0.717) is 0 Å². The van der Waals surface area contributed by atoms with E-state index in [2.05, 4.69) is 73.0 Å². The van der Waals surface area contributed by atoms with Crippen molar-refractivity contribution in [3.05, 3.63) is 58.0 Å².